The van der Waals surface area contributed by atoms with Crippen LogP contribution in [0.25, 0.3) is 0 Å². The molecular weight excluding hydrogens is 432 g/mol. The lowest BCUT2D eigenvalue weighted by atomic mass is 9.68. The topological polar surface area (TPSA) is 86.1 Å². The van der Waals surface area contributed by atoms with Gasteiger partial charge < -0.3 is 14.6 Å². The molecular formula is C26H34N4O4. The lowest BCUT2D eigenvalue weighted by Gasteiger charge is -2.54. The molecule has 1 aliphatic carbocycles. The van der Waals surface area contributed by atoms with Gasteiger partial charge in [0.25, 0.3) is 5.91 Å². The molecule has 6 rings (SSSR count). The Labute approximate surface area is 200 Å². The molecule has 4 amide bonds. The Morgan fingerprint density at radius 2 is 2.09 bits per heavy atom. The minimum absolute atomic E-state index is 0.112. The fraction of sp³-hybridized carbons (Fsp3) is 0.654. The Morgan fingerprint density at radius 1 is 1.18 bits per heavy atom. The van der Waals surface area contributed by atoms with Crippen LogP contribution in [0.2, 0.25) is 0 Å². The number of furan rings is 1. The van der Waals surface area contributed by atoms with Crippen LogP contribution in [0, 0.1) is 11.8 Å². The van der Waals surface area contributed by atoms with Crippen LogP contribution in [-0.4, -0.2) is 70.3 Å². The second-order valence-electron chi connectivity index (χ2n) is 10.6. The van der Waals surface area contributed by atoms with Gasteiger partial charge in [-0.15, -0.1) is 0 Å². The first-order valence-corrected chi connectivity index (χ1v) is 13.0. The van der Waals surface area contributed by atoms with Crippen molar-refractivity contribution in [3.63, 3.8) is 0 Å². The highest BCUT2D eigenvalue weighted by Crippen LogP contribution is 2.45. The summed E-state index contributed by atoms with van der Waals surface area (Å²) in [6.45, 7) is 3.21. The number of imide groups is 1. The molecule has 8 nitrogen and oxygen atoms in total. The normalized spacial score (nSPS) is 33.3. The standard InChI is InChI=1S/C26H34N4O4/c31-23(9-8-21-25(32)30(26(33)27-21)16-20-6-4-12-34-20)29-11-3-5-17-13-18-14-19(24(17)29)15-28-10-2-1-7-22(18)28/h4,6,12-13,18-19,21-22,24H,1-3,5,7-11,14-16H2,(H,27,33)/t18-,19-,21+,22-,24+/m0/s1. The van der Waals surface area contributed by atoms with Crippen molar-refractivity contribution in [3.8, 4) is 0 Å². The fourth-order valence-electron chi connectivity index (χ4n) is 7.15. The molecule has 0 radical (unpaired) electrons. The predicted molar refractivity (Wildman–Crippen MR) is 124 cm³/mol. The summed E-state index contributed by atoms with van der Waals surface area (Å²) >= 11 is 0. The predicted octanol–water partition coefficient (Wildman–Crippen LogP) is 2.90. The third-order valence-electron chi connectivity index (χ3n) is 8.63. The summed E-state index contributed by atoms with van der Waals surface area (Å²) < 4.78 is 5.28. The lowest BCUT2D eigenvalue weighted by Crippen LogP contribution is -2.60. The molecule has 4 saturated heterocycles. The molecule has 8 heteroatoms. The maximum atomic E-state index is 13.4. The quantitative estimate of drug-likeness (QED) is 0.533. The zero-order chi connectivity index (χ0) is 23.2. The largest absolute Gasteiger partial charge is 0.467 e. The first-order valence-electron chi connectivity index (χ1n) is 13.0. The molecule has 34 heavy (non-hydrogen) atoms. The third-order valence-corrected chi connectivity index (χ3v) is 8.63. The summed E-state index contributed by atoms with van der Waals surface area (Å²) in [7, 11) is 0. The van der Waals surface area contributed by atoms with E-state index in [9.17, 15) is 14.4 Å². The van der Waals surface area contributed by atoms with E-state index < -0.39 is 12.1 Å². The number of urea groups is 1. The van der Waals surface area contributed by atoms with Crippen LogP contribution in [-0.2, 0) is 16.1 Å². The summed E-state index contributed by atoms with van der Waals surface area (Å²) in [6.07, 6.45) is 11.9. The van der Waals surface area contributed by atoms with Gasteiger partial charge in [0.1, 0.15) is 11.8 Å². The first kappa shape index (κ1) is 21.9. The summed E-state index contributed by atoms with van der Waals surface area (Å²) in [4.78, 5) is 44.5. The number of carbonyl (C=O) groups excluding carboxylic acids is 3. The van der Waals surface area contributed by atoms with Gasteiger partial charge in [0.2, 0.25) is 5.91 Å². The van der Waals surface area contributed by atoms with Crippen molar-refractivity contribution in [2.45, 2.75) is 76.0 Å². The van der Waals surface area contributed by atoms with Gasteiger partial charge in [-0.1, -0.05) is 18.1 Å². The van der Waals surface area contributed by atoms with Crippen molar-refractivity contribution in [2.75, 3.05) is 19.6 Å². The third kappa shape index (κ3) is 3.85. The maximum Gasteiger partial charge on any atom is 0.325 e. The second-order valence-corrected chi connectivity index (χ2v) is 10.6. The van der Waals surface area contributed by atoms with Crippen molar-refractivity contribution < 1.29 is 18.8 Å². The molecule has 1 aromatic rings. The van der Waals surface area contributed by atoms with Crippen LogP contribution in [0.3, 0.4) is 0 Å². The highest BCUT2D eigenvalue weighted by molar-refractivity contribution is 6.04. The number of rotatable bonds is 5. The highest BCUT2D eigenvalue weighted by atomic mass is 16.3. The zero-order valence-electron chi connectivity index (χ0n) is 19.7. The van der Waals surface area contributed by atoms with Gasteiger partial charge in [0.15, 0.2) is 0 Å². The molecule has 5 atom stereocenters. The molecule has 4 fully saturated rings. The summed E-state index contributed by atoms with van der Waals surface area (Å²) in [5.74, 6) is 1.55. The van der Waals surface area contributed by atoms with Crippen molar-refractivity contribution in [1.82, 2.24) is 20.0 Å². The average Bonchev–Trinajstić information content (AvgIpc) is 3.46. The molecule has 0 spiro atoms. The van der Waals surface area contributed by atoms with E-state index in [4.69, 9.17) is 4.42 Å². The van der Waals surface area contributed by atoms with Crippen LogP contribution in [0.5, 0.6) is 0 Å². The van der Waals surface area contributed by atoms with Gasteiger partial charge in [-0.3, -0.25) is 19.4 Å². The molecule has 182 valence electrons. The van der Waals surface area contributed by atoms with Crippen molar-refractivity contribution in [3.05, 3.63) is 35.8 Å². The number of nitrogens with one attached hydrogen (secondary N) is 1. The number of amides is 4. The van der Waals surface area contributed by atoms with Gasteiger partial charge in [-0.2, -0.15) is 0 Å². The number of piperidine rings is 3. The maximum absolute atomic E-state index is 13.4. The Balaban J connectivity index is 1.11. The minimum Gasteiger partial charge on any atom is -0.467 e. The van der Waals surface area contributed by atoms with Crippen LogP contribution in [0.15, 0.2) is 34.5 Å². The molecule has 0 saturated carbocycles. The van der Waals surface area contributed by atoms with Gasteiger partial charge in [0, 0.05) is 25.6 Å². The van der Waals surface area contributed by atoms with E-state index in [-0.39, 0.29) is 30.8 Å². The summed E-state index contributed by atoms with van der Waals surface area (Å²) in [5.41, 5.74) is 1.47. The number of likely N-dealkylation sites (tertiary alicyclic amines) is 1. The molecule has 5 heterocycles. The van der Waals surface area contributed by atoms with E-state index in [0.717, 1.165) is 25.9 Å². The monoisotopic (exact) mass is 466 g/mol. The molecule has 0 unspecified atom stereocenters. The Bertz CT molecular complexity index is 989. The van der Waals surface area contributed by atoms with E-state index in [0.29, 0.717) is 30.1 Å². The van der Waals surface area contributed by atoms with Crippen LogP contribution in [0.4, 0.5) is 4.79 Å². The minimum atomic E-state index is -0.647. The van der Waals surface area contributed by atoms with E-state index in [1.807, 2.05) is 0 Å². The Kier molecular flexibility index (Phi) is 5.71. The summed E-state index contributed by atoms with van der Waals surface area (Å²) in [5, 5.41) is 2.75. The lowest BCUT2D eigenvalue weighted by molar-refractivity contribution is -0.136. The second kappa shape index (κ2) is 8.87. The molecule has 4 aliphatic heterocycles. The van der Waals surface area contributed by atoms with E-state index >= 15 is 0 Å². The van der Waals surface area contributed by atoms with Crippen LogP contribution < -0.4 is 5.32 Å². The Morgan fingerprint density at radius 3 is 2.94 bits per heavy atom. The van der Waals surface area contributed by atoms with Gasteiger partial charge in [0.05, 0.1) is 18.8 Å². The SMILES string of the molecule is O=C1N[C@H](CCC(=O)N2CCCC3=C[C@H]4C[C@@H](CN5CCCC[C@@H]45)[C@@H]32)C(=O)N1Cc1ccco1. The number of hydrogen-bond acceptors (Lipinski definition) is 5. The molecule has 5 aliphatic rings. The Hall–Kier alpha value is -2.61. The zero-order valence-corrected chi connectivity index (χ0v) is 19.7. The average molecular weight is 467 g/mol. The van der Waals surface area contributed by atoms with Crippen LogP contribution in [0.1, 0.15) is 57.1 Å². The number of carbonyl (C=O) groups is 3. The molecule has 1 N–H and O–H groups in total. The van der Waals surface area contributed by atoms with E-state index in [1.165, 1.54) is 49.0 Å². The number of fused-ring (bicyclic) bond motifs is 6. The van der Waals surface area contributed by atoms with E-state index in [1.54, 1.807) is 12.1 Å². The van der Waals surface area contributed by atoms with Gasteiger partial charge in [-0.05, 0) is 69.0 Å². The molecule has 0 aromatic carbocycles. The molecule has 1 aromatic heterocycles. The van der Waals surface area contributed by atoms with Crippen LogP contribution >= 0.6 is 0 Å². The van der Waals surface area contributed by atoms with Crippen molar-refractivity contribution in [1.29, 1.82) is 0 Å². The van der Waals surface area contributed by atoms with Crippen molar-refractivity contribution >= 4 is 17.8 Å². The summed E-state index contributed by atoms with van der Waals surface area (Å²) in [6, 6.07) is 3.32. The first-order chi connectivity index (χ1) is 16.6. The van der Waals surface area contributed by atoms with Crippen molar-refractivity contribution in [2.24, 2.45) is 11.8 Å². The smallest absolute Gasteiger partial charge is 0.325 e. The fourth-order valence-corrected chi connectivity index (χ4v) is 7.15. The molecule has 2 bridgehead atoms. The number of nitrogens with zero attached hydrogens (tertiary/aromatic N) is 3. The highest BCUT2D eigenvalue weighted by Gasteiger charge is 2.47. The number of hydrogen-bond donors (Lipinski definition) is 1. The van der Waals surface area contributed by atoms with Gasteiger partial charge in [-0.25, -0.2) is 4.79 Å². The van der Waals surface area contributed by atoms with Gasteiger partial charge >= 0.3 is 6.03 Å². The van der Waals surface area contributed by atoms with E-state index in [2.05, 4.69) is 21.2 Å².